The largest absolute Gasteiger partial charge is 0.352 e. The molecule has 1 heterocycles. The molecular weight excluding hydrogens is 312 g/mol. The van der Waals surface area contributed by atoms with Crippen molar-refractivity contribution < 1.29 is 4.79 Å². The zero-order chi connectivity index (χ0) is 17.6. The molecule has 0 bridgehead atoms. The summed E-state index contributed by atoms with van der Waals surface area (Å²) in [5.74, 6) is 1.75. The van der Waals surface area contributed by atoms with Gasteiger partial charge in [0.25, 0.3) is 5.91 Å². The molecule has 1 saturated carbocycles. The summed E-state index contributed by atoms with van der Waals surface area (Å²) in [4.78, 5) is 16.6. The van der Waals surface area contributed by atoms with Gasteiger partial charge in [0, 0.05) is 50.1 Å². The highest BCUT2D eigenvalue weighted by atomic mass is 16.1. The van der Waals surface area contributed by atoms with Crippen LogP contribution in [0.1, 0.15) is 60.3 Å². The molecule has 1 fully saturated rings. The molecule has 1 amide bonds. The van der Waals surface area contributed by atoms with E-state index in [1.807, 2.05) is 30.6 Å². The van der Waals surface area contributed by atoms with Crippen molar-refractivity contribution in [2.75, 3.05) is 6.54 Å². The molecule has 1 aromatic heterocycles. The lowest BCUT2D eigenvalue weighted by Gasteiger charge is -2.14. The summed E-state index contributed by atoms with van der Waals surface area (Å²) in [7, 11) is 2.07. The second-order valence-corrected chi connectivity index (χ2v) is 6.94. The maximum atomic E-state index is 12.1. The molecule has 3 rings (SSSR count). The van der Waals surface area contributed by atoms with E-state index in [4.69, 9.17) is 0 Å². The third-order valence-corrected chi connectivity index (χ3v) is 4.98. The minimum atomic E-state index is 0.0133. The molecule has 1 aliphatic carbocycles. The molecule has 0 radical (unpaired) electrons. The number of aromatic nitrogens is 2. The second-order valence-electron chi connectivity index (χ2n) is 6.94. The normalized spacial score (nSPS) is 19.9. The van der Waals surface area contributed by atoms with Crippen LogP contribution in [0.5, 0.6) is 0 Å². The van der Waals surface area contributed by atoms with Crippen LogP contribution in [0, 0.1) is 0 Å². The topological polar surface area (TPSA) is 59.0 Å². The van der Waals surface area contributed by atoms with Crippen molar-refractivity contribution in [1.29, 1.82) is 0 Å². The zero-order valence-electron chi connectivity index (χ0n) is 15.2. The van der Waals surface area contributed by atoms with Gasteiger partial charge in [-0.2, -0.15) is 0 Å². The molecule has 5 nitrogen and oxygen atoms in total. The summed E-state index contributed by atoms with van der Waals surface area (Å²) in [5.41, 5.74) is 1.90. The Morgan fingerprint density at radius 2 is 2.24 bits per heavy atom. The van der Waals surface area contributed by atoms with E-state index in [2.05, 4.69) is 40.2 Å². The van der Waals surface area contributed by atoms with Crippen LogP contribution in [0.4, 0.5) is 0 Å². The number of hydrogen-bond donors (Lipinski definition) is 2. The van der Waals surface area contributed by atoms with Gasteiger partial charge in [-0.05, 0) is 43.4 Å². The van der Waals surface area contributed by atoms with Gasteiger partial charge in [-0.3, -0.25) is 4.79 Å². The SMILES string of the molecule is CCCNC(=O)c1cccc(CNC2CCC(c3nccn3C)C2)c1. The summed E-state index contributed by atoms with van der Waals surface area (Å²) in [6.07, 6.45) is 8.33. The van der Waals surface area contributed by atoms with E-state index in [0.717, 1.165) is 37.1 Å². The Hall–Kier alpha value is -2.14. The predicted molar refractivity (Wildman–Crippen MR) is 99.5 cm³/mol. The first-order valence-electron chi connectivity index (χ1n) is 9.25. The first kappa shape index (κ1) is 17.7. The maximum absolute atomic E-state index is 12.1. The van der Waals surface area contributed by atoms with Gasteiger partial charge in [0.1, 0.15) is 5.82 Å². The predicted octanol–water partition coefficient (Wildman–Crippen LogP) is 2.99. The number of aryl methyl sites for hydroxylation is 1. The molecule has 0 saturated heterocycles. The quantitative estimate of drug-likeness (QED) is 0.815. The lowest BCUT2D eigenvalue weighted by Crippen LogP contribution is -2.27. The summed E-state index contributed by atoms with van der Waals surface area (Å²) >= 11 is 0. The van der Waals surface area contributed by atoms with Gasteiger partial charge in [-0.25, -0.2) is 4.98 Å². The molecule has 1 aromatic carbocycles. The van der Waals surface area contributed by atoms with Crippen molar-refractivity contribution >= 4 is 5.91 Å². The molecule has 1 aliphatic rings. The van der Waals surface area contributed by atoms with Crippen molar-refractivity contribution in [2.45, 2.75) is 51.1 Å². The maximum Gasteiger partial charge on any atom is 0.251 e. The van der Waals surface area contributed by atoms with Crippen LogP contribution in [0.15, 0.2) is 36.7 Å². The number of hydrogen-bond acceptors (Lipinski definition) is 3. The number of benzene rings is 1. The van der Waals surface area contributed by atoms with Crippen LogP contribution in [0.2, 0.25) is 0 Å². The highest BCUT2D eigenvalue weighted by molar-refractivity contribution is 5.94. The Bertz CT molecular complexity index is 709. The Kier molecular flexibility index (Phi) is 5.87. The molecule has 2 atom stereocenters. The third kappa shape index (κ3) is 4.48. The Balaban J connectivity index is 1.52. The number of nitrogens with zero attached hydrogens (tertiary/aromatic N) is 2. The first-order chi connectivity index (χ1) is 12.2. The Morgan fingerprint density at radius 1 is 1.36 bits per heavy atom. The average Bonchev–Trinajstić information content (AvgIpc) is 3.26. The van der Waals surface area contributed by atoms with Gasteiger partial charge in [0.15, 0.2) is 0 Å². The second kappa shape index (κ2) is 8.30. The van der Waals surface area contributed by atoms with E-state index in [0.29, 0.717) is 12.0 Å². The molecule has 2 aromatic rings. The van der Waals surface area contributed by atoms with Gasteiger partial charge in [0.05, 0.1) is 0 Å². The summed E-state index contributed by atoms with van der Waals surface area (Å²) in [6.45, 7) is 3.57. The van der Waals surface area contributed by atoms with E-state index in [-0.39, 0.29) is 5.91 Å². The van der Waals surface area contributed by atoms with Crippen molar-refractivity contribution in [3.63, 3.8) is 0 Å². The standard InChI is InChI=1S/C20H28N4O/c1-3-9-22-20(25)17-6-4-5-15(12-17)14-23-18-8-7-16(13-18)19-21-10-11-24(19)2/h4-6,10-12,16,18,23H,3,7-9,13-14H2,1-2H3,(H,22,25). The number of nitrogens with one attached hydrogen (secondary N) is 2. The fourth-order valence-electron chi connectivity index (χ4n) is 3.60. The summed E-state index contributed by atoms with van der Waals surface area (Å²) in [6, 6.07) is 8.42. The van der Waals surface area contributed by atoms with Crippen LogP contribution >= 0.6 is 0 Å². The molecule has 2 unspecified atom stereocenters. The average molecular weight is 340 g/mol. The van der Waals surface area contributed by atoms with Crippen molar-refractivity contribution in [3.8, 4) is 0 Å². The fraction of sp³-hybridized carbons (Fsp3) is 0.500. The van der Waals surface area contributed by atoms with Gasteiger partial charge >= 0.3 is 0 Å². The lowest BCUT2D eigenvalue weighted by atomic mass is 10.1. The number of carbonyl (C=O) groups excluding carboxylic acids is 1. The fourth-order valence-corrected chi connectivity index (χ4v) is 3.60. The monoisotopic (exact) mass is 340 g/mol. The Labute approximate surface area is 149 Å². The van der Waals surface area contributed by atoms with E-state index < -0.39 is 0 Å². The Morgan fingerprint density at radius 3 is 3.00 bits per heavy atom. The first-order valence-corrected chi connectivity index (χ1v) is 9.25. The minimum Gasteiger partial charge on any atom is -0.352 e. The van der Waals surface area contributed by atoms with Gasteiger partial charge in [0.2, 0.25) is 0 Å². The number of rotatable bonds is 7. The summed E-state index contributed by atoms with van der Waals surface area (Å²) < 4.78 is 2.13. The van der Waals surface area contributed by atoms with Crippen LogP contribution < -0.4 is 10.6 Å². The third-order valence-electron chi connectivity index (χ3n) is 4.98. The molecule has 25 heavy (non-hydrogen) atoms. The van der Waals surface area contributed by atoms with Gasteiger partial charge < -0.3 is 15.2 Å². The van der Waals surface area contributed by atoms with Crippen molar-refractivity contribution in [2.24, 2.45) is 7.05 Å². The number of amides is 1. The molecule has 5 heteroatoms. The van der Waals surface area contributed by atoms with Crippen molar-refractivity contribution in [1.82, 2.24) is 20.2 Å². The highest BCUT2D eigenvalue weighted by Gasteiger charge is 2.27. The van der Waals surface area contributed by atoms with Gasteiger partial charge in [-0.15, -0.1) is 0 Å². The number of carbonyl (C=O) groups is 1. The van der Waals surface area contributed by atoms with Crippen LogP contribution in [0.3, 0.4) is 0 Å². The lowest BCUT2D eigenvalue weighted by molar-refractivity contribution is 0.0953. The highest BCUT2D eigenvalue weighted by Crippen LogP contribution is 2.33. The van der Waals surface area contributed by atoms with Gasteiger partial charge in [-0.1, -0.05) is 19.1 Å². The number of imidazole rings is 1. The zero-order valence-corrected chi connectivity index (χ0v) is 15.2. The summed E-state index contributed by atoms with van der Waals surface area (Å²) in [5, 5.41) is 6.58. The van der Waals surface area contributed by atoms with Crippen LogP contribution in [-0.4, -0.2) is 28.0 Å². The van der Waals surface area contributed by atoms with E-state index in [1.165, 1.54) is 18.7 Å². The molecule has 0 aliphatic heterocycles. The minimum absolute atomic E-state index is 0.0133. The van der Waals surface area contributed by atoms with E-state index in [9.17, 15) is 4.79 Å². The van der Waals surface area contributed by atoms with Crippen LogP contribution in [0.25, 0.3) is 0 Å². The molecular formula is C20H28N4O. The molecule has 134 valence electrons. The smallest absolute Gasteiger partial charge is 0.251 e. The molecule has 2 N–H and O–H groups in total. The van der Waals surface area contributed by atoms with E-state index >= 15 is 0 Å². The van der Waals surface area contributed by atoms with Crippen molar-refractivity contribution in [3.05, 3.63) is 53.6 Å². The van der Waals surface area contributed by atoms with E-state index in [1.54, 1.807) is 0 Å². The van der Waals surface area contributed by atoms with Crippen LogP contribution in [-0.2, 0) is 13.6 Å². The molecule has 0 spiro atoms.